The molecule has 14 aromatic rings. The molecule has 0 aliphatic rings. The summed E-state index contributed by atoms with van der Waals surface area (Å²) in [7, 11) is 0. The molecule has 5 aromatic heterocycles. The highest BCUT2D eigenvalue weighted by Gasteiger charge is 2.34. The lowest BCUT2D eigenvalue weighted by atomic mass is 9.95. The molecule has 0 spiro atoms. The van der Waals surface area contributed by atoms with Crippen molar-refractivity contribution in [1.29, 1.82) is 15.8 Å². The van der Waals surface area contributed by atoms with Gasteiger partial charge in [-0.05, 0) is 54.6 Å². The Balaban J connectivity index is 1.27. The van der Waals surface area contributed by atoms with E-state index in [2.05, 4.69) is 190 Å². The fraction of sp³-hybridized carbons (Fsp3) is 0. The molecule has 0 saturated carbocycles. The van der Waals surface area contributed by atoms with Crippen LogP contribution in [0.2, 0.25) is 0 Å². The molecule has 14 rings (SSSR count). The first-order valence-electron chi connectivity index (χ1n) is 22.8. The molecule has 9 nitrogen and oxygen atoms in total. The summed E-state index contributed by atoms with van der Waals surface area (Å²) in [6.45, 7) is 0. The van der Waals surface area contributed by atoms with E-state index in [-0.39, 0.29) is 16.7 Å². The van der Waals surface area contributed by atoms with E-state index in [9.17, 15) is 15.8 Å². The number of hydrogen-bond acceptors (Lipinski definition) is 6. The second kappa shape index (κ2) is 14.9. The average Bonchev–Trinajstić information content (AvgIpc) is 4.17. The summed E-state index contributed by atoms with van der Waals surface area (Å²) in [5, 5.41) is 38.8. The van der Waals surface area contributed by atoms with Gasteiger partial charge in [0, 0.05) is 61.2 Å². The van der Waals surface area contributed by atoms with Gasteiger partial charge in [0.1, 0.15) is 5.58 Å². The van der Waals surface area contributed by atoms with E-state index in [1.807, 2.05) is 12.1 Å². The molecule has 0 bridgehead atoms. The summed E-state index contributed by atoms with van der Waals surface area (Å²) in [5.74, 6) is 0.367. The average molecular weight is 893 g/mol. The fourth-order valence-corrected chi connectivity index (χ4v) is 11.0. The van der Waals surface area contributed by atoms with Crippen molar-refractivity contribution in [2.75, 3.05) is 0 Å². The third-order valence-electron chi connectivity index (χ3n) is 13.8. The van der Waals surface area contributed by atoms with E-state index >= 15 is 0 Å². The van der Waals surface area contributed by atoms with Gasteiger partial charge in [-0.25, -0.2) is 9.97 Å². The van der Waals surface area contributed by atoms with Crippen LogP contribution in [-0.2, 0) is 0 Å². The minimum atomic E-state index is 0.182. The van der Waals surface area contributed by atoms with Crippen LogP contribution in [0, 0.1) is 34.0 Å². The van der Waals surface area contributed by atoms with Crippen molar-refractivity contribution in [2.45, 2.75) is 0 Å². The Hall–Kier alpha value is -10.3. The zero-order valence-corrected chi connectivity index (χ0v) is 37.0. The standard InChI is InChI=1S/C61H32N8O/c62-31-36-29-37(32-63)54(38(30-36)33-64)39-34-65-61(66-35-39)56-58(68-49-24-10-3-17-42(49)43-18-4-11-25-50(43)68)59(69-51-26-12-5-19-44(51)45-20-6-13-27-52(45)69)57(55-46-21-7-14-28-53(46)70-60(55)56)67-47-22-8-1-15-40(47)41-16-2-9-23-48(41)67/h1-30,34-35H. The van der Waals surface area contributed by atoms with E-state index in [1.165, 1.54) is 12.1 Å². The number of para-hydroxylation sites is 7. The lowest BCUT2D eigenvalue weighted by Gasteiger charge is -2.25. The van der Waals surface area contributed by atoms with Gasteiger partial charge in [-0.2, -0.15) is 15.8 Å². The molecular formula is C61H32N8O. The highest BCUT2D eigenvalue weighted by Crippen LogP contribution is 2.52. The van der Waals surface area contributed by atoms with Crippen molar-refractivity contribution < 1.29 is 4.42 Å². The highest BCUT2D eigenvalue weighted by molar-refractivity contribution is 6.22. The number of nitriles is 3. The molecule has 9 aromatic carbocycles. The minimum absolute atomic E-state index is 0.182. The molecule has 0 radical (unpaired) electrons. The van der Waals surface area contributed by atoms with Gasteiger partial charge < -0.3 is 18.1 Å². The van der Waals surface area contributed by atoms with Crippen molar-refractivity contribution in [1.82, 2.24) is 23.7 Å². The number of hydrogen-bond donors (Lipinski definition) is 0. The van der Waals surface area contributed by atoms with E-state index in [0.29, 0.717) is 33.7 Å². The zero-order chi connectivity index (χ0) is 46.6. The smallest absolute Gasteiger partial charge is 0.165 e. The van der Waals surface area contributed by atoms with Crippen LogP contribution in [0.25, 0.3) is 127 Å². The summed E-state index contributed by atoms with van der Waals surface area (Å²) >= 11 is 0. The van der Waals surface area contributed by atoms with Crippen molar-refractivity contribution in [3.63, 3.8) is 0 Å². The molecule has 0 fully saturated rings. The van der Waals surface area contributed by atoms with Gasteiger partial charge in [-0.15, -0.1) is 0 Å². The Bertz CT molecular complexity index is 4500. The normalized spacial score (nSPS) is 11.7. The number of rotatable bonds is 5. The van der Waals surface area contributed by atoms with Crippen molar-refractivity contribution in [3.8, 4) is 57.8 Å². The SMILES string of the molecule is N#Cc1cc(C#N)c(-c2cnc(-c3c(-n4c5ccccc5c5ccccc54)c(-n4c5ccccc5c5ccccc54)c(-n4c5ccccc5c5ccccc54)c4c3oc3ccccc34)nc2)c(C#N)c1. The second-order valence-corrected chi connectivity index (χ2v) is 17.4. The quantitative estimate of drug-likeness (QED) is 0.169. The summed E-state index contributed by atoms with van der Waals surface area (Å²) in [5.41, 5.74) is 11.9. The monoisotopic (exact) mass is 892 g/mol. The van der Waals surface area contributed by atoms with E-state index in [0.717, 1.165) is 93.3 Å². The van der Waals surface area contributed by atoms with Gasteiger partial charge in [0.05, 0.1) is 96.0 Å². The Morgan fingerprint density at radius 2 is 0.757 bits per heavy atom. The molecule has 70 heavy (non-hydrogen) atoms. The second-order valence-electron chi connectivity index (χ2n) is 17.4. The molecule has 9 heteroatoms. The number of benzene rings is 9. The molecule has 0 N–H and O–H groups in total. The van der Waals surface area contributed by atoms with Gasteiger partial charge in [0.2, 0.25) is 0 Å². The lowest BCUT2D eigenvalue weighted by Crippen LogP contribution is -2.12. The van der Waals surface area contributed by atoms with Crippen LogP contribution in [-0.4, -0.2) is 23.7 Å². The molecule has 5 heterocycles. The Morgan fingerprint density at radius 3 is 1.17 bits per heavy atom. The molecule has 0 amide bonds. The van der Waals surface area contributed by atoms with Gasteiger partial charge >= 0.3 is 0 Å². The molecule has 0 unspecified atom stereocenters. The first-order chi connectivity index (χ1) is 34.6. The van der Waals surface area contributed by atoms with Gasteiger partial charge in [0.25, 0.3) is 0 Å². The van der Waals surface area contributed by atoms with Gasteiger partial charge in [0.15, 0.2) is 11.4 Å². The topological polar surface area (TPSA) is 125 Å². The third-order valence-corrected chi connectivity index (χ3v) is 13.8. The predicted octanol–water partition coefficient (Wildman–Crippen LogP) is 14.6. The predicted molar refractivity (Wildman–Crippen MR) is 277 cm³/mol. The van der Waals surface area contributed by atoms with Crippen molar-refractivity contribution in [3.05, 3.63) is 211 Å². The summed E-state index contributed by atoms with van der Waals surface area (Å²) in [4.78, 5) is 10.4. The maximum atomic E-state index is 10.3. The maximum absolute atomic E-state index is 10.3. The Morgan fingerprint density at radius 1 is 0.386 bits per heavy atom. The highest BCUT2D eigenvalue weighted by atomic mass is 16.3. The van der Waals surface area contributed by atoms with Crippen LogP contribution < -0.4 is 0 Å². The molecule has 0 saturated heterocycles. The molecule has 322 valence electrons. The molecule has 0 aliphatic heterocycles. The van der Waals surface area contributed by atoms with E-state index < -0.39 is 0 Å². The Labute approximate surface area is 398 Å². The van der Waals surface area contributed by atoms with Gasteiger partial charge in [-0.3, -0.25) is 0 Å². The lowest BCUT2D eigenvalue weighted by molar-refractivity contribution is 0.669. The third kappa shape index (κ3) is 5.33. The van der Waals surface area contributed by atoms with Crippen LogP contribution in [0.1, 0.15) is 16.7 Å². The largest absolute Gasteiger partial charge is 0.455 e. The number of nitrogens with zero attached hydrogens (tertiary/aromatic N) is 8. The number of furan rings is 1. The zero-order valence-electron chi connectivity index (χ0n) is 37.0. The summed E-state index contributed by atoms with van der Waals surface area (Å²) in [6, 6.07) is 69.0. The first-order valence-corrected chi connectivity index (χ1v) is 22.8. The molecule has 0 atom stereocenters. The Kier molecular flexibility index (Phi) is 8.27. The van der Waals surface area contributed by atoms with Crippen LogP contribution in [0.5, 0.6) is 0 Å². The van der Waals surface area contributed by atoms with Crippen LogP contribution in [0.3, 0.4) is 0 Å². The van der Waals surface area contributed by atoms with Crippen molar-refractivity contribution >= 4 is 87.4 Å². The maximum Gasteiger partial charge on any atom is 0.165 e. The van der Waals surface area contributed by atoms with Crippen LogP contribution in [0.4, 0.5) is 0 Å². The van der Waals surface area contributed by atoms with Gasteiger partial charge in [-0.1, -0.05) is 127 Å². The minimum Gasteiger partial charge on any atom is -0.455 e. The fourth-order valence-electron chi connectivity index (χ4n) is 11.0. The number of aromatic nitrogens is 5. The summed E-state index contributed by atoms with van der Waals surface area (Å²) in [6.07, 6.45) is 3.33. The molecular weight excluding hydrogens is 861 g/mol. The summed E-state index contributed by atoms with van der Waals surface area (Å²) < 4.78 is 14.5. The van der Waals surface area contributed by atoms with E-state index in [4.69, 9.17) is 14.4 Å². The van der Waals surface area contributed by atoms with Crippen molar-refractivity contribution in [2.24, 2.45) is 0 Å². The van der Waals surface area contributed by atoms with Crippen LogP contribution >= 0.6 is 0 Å². The number of fused-ring (bicyclic) bond motifs is 12. The first kappa shape index (κ1) is 38.9. The molecule has 0 aliphatic carbocycles. The van der Waals surface area contributed by atoms with Crippen LogP contribution in [0.15, 0.2) is 199 Å². The van der Waals surface area contributed by atoms with E-state index in [1.54, 1.807) is 12.4 Å².